The lowest BCUT2D eigenvalue weighted by Gasteiger charge is -2.32. The van der Waals surface area contributed by atoms with E-state index in [4.69, 9.17) is 9.31 Å². The molecule has 0 aromatic heterocycles. The van der Waals surface area contributed by atoms with E-state index in [1.54, 1.807) is 0 Å². The second-order valence-corrected chi connectivity index (χ2v) is 7.10. The van der Waals surface area contributed by atoms with Crippen LogP contribution < -0.4 is 0 Å². The fourth-order valence-electron chi connectivity index (χ4n) is 2.75. The van der Waals surface area contributed by atoms with Gasteiger partial charge < -0.3 is 14.2 Å². The van der Waals surface area contributed by atoms with Crippen LogP contribution in [0.3, 0.4) is 0 Å². The van der Waals surface area contributed by atoms with Crippen molar-refractivity contribution in [2.24, 2.45) is 0 Å². The molecule has 2 fully saturated rings. The minimum Gasteiger partial charge on any atom is -0.403 e. The first kappa shape index (κ1) is 15.3. The fraction of sp³-hybridized carbons (Fsp3) is 1.00. The average Bonchev–Trinajstić information content (AvgIpc) is 3.07. The van der Waals surface area contributed by atoms with Crippen LogP contribution in [0.4, 0.5) is 0 Å². The summed E-state index contributed by atoms with van der Waals surface area (Å²) in [7, 11) is -0.0207. The Hall–Kier alpha value is -0.0551. The van der Waals surface area contributed by atoms with Crippen LogP contribution in [-0.2, 0) is 9.31 Å². The average molecular weight is 267 g/mol. The summed E-state index contributed by atoms with van der Waals surface area (Å²) in [5, 5.41) is 0. The molecule has 1 aliphatic carbocycles. The lowest BCUT2D eigenvalue weighted by atomic mass is 9.83. The fourth-order valence-corrected chi connectivity index (χ4v) is 2.75. The quantitative estimate of drug-likeness (QED) is 0.660. The molecule has 2 aliphatic rings. The highest BCUT2D eigenvalue weighted by atomic mass is 16.7. The molecule has 0 radical (unpaired) electrons. The van der Waals surface area contributed by atoms with Crippen LogP contribution in [0.1, 0.15) is 60.3 Å². The summed E-state index contributed by atoms with van der Waals surface area (Å²) in [4.78, 5) is 2.64. The molecule has 0 bridgehead atoms. The highest BCUT2D eigenvalue weighted by Gasteiger charge is 2.50. The number of rotatable bonds is 7. The zero-order valence-corrected chi connectivity index (χ0v) is 13.4. The van der Waals surface area contributed by atoms with Gasteiger partial charge in [-0.2, -0.15) is 0 Å². The van der Waals surface area contributed by atoms with Crippen molar-refractivity contribution in [1.82, 2.24) is 4.90 Å². The Balaban J connectivity index is 1.71. The molecule has 0 aromatic rings. The lowest BCUT2D eigenvalue weighted by molar-refractivity contribution is 0.00578. The standard InChI is InChI=1S/C15H30BNO2/c1-6-11-17(13-8-9-13)12-7-10-16-18-14(2,3)15(4,5)19-16/h13H,6-12H2,1-5H3. The number of hydrogen-bond acceptors (Lipinski definition) is 3. The second-order valence-electron chi connectivity index (χ2n) is 7.10. The van der Waals surface area contributed by atoms with Gasteiger partial charge in [0.1, 0.15) is 0 Å². The highest BCUT2D eigenvalue weighted by molar-refractivity contribution is 6.45. The summed E-state index contributed by atoms with van der Waals surface area (Å²) in [5.74, 6) is 0. The predicted octanol–water partition coefficient (Wildman–Crippen LogP) is 3.34. The first-order chi connectivity index (χ1) is 8.86. The van der Waals surface area contributed by atoms with Crippen LogP contribution in [0.25, 0.3) is 0 Å². The van der Waals surface area contributed by atoms with Gasteiger partial charge in [0.05, 0.1) is 11.2 Å². The van der Waals surface area contributed by atoms with Crippen molar-refractivity contribution < 1.29 is 9.31 Å². The third kappa shape index (κ3) is 3.74. The molecule has 0 spiro atoms. The molecule has 19 heavy (non-hydrogen) atoms. The maximum absolute atomic E-state index is 6.04. The van der Waals surface area contributed by atoms with E-state index < -0.39 is 0 Å². The molecule has 1 saturated carbocycles. The van der Waals surface area contributed by atoms with Crippen LogP contribution in [0.5, 0.6) is 0 Å². The Morgan fingerprint density at radius 3 is 2.11 bits per heavy atom. The zero-order chi connectivity index (χ0) is 14.1. The van der Waals surface area contributed by atoms with Crippen LogP contribution in [-0.4, -0.2) is 42.4 Å². The van der Waals surface area contributed by atoms with E-state index >= 15 is 0 Å². The Kier molecular flexibility index (Phi) is 4.64. The van der Waals surface area contributed by atoms with Crippen molar-refractivity contribution in [2.45, 2.75) is 83.9 Å². The van der Waals surface area contributed by atoms with E-state index in [-0.39, 0.29) is 18.3 Å². The van der Waals surface area contributed by atoms with Crippen molar-refractivity contribution in [3.63, 3.8) is 0 Å². The van der Waals surface area contributed by atoms with Crippen molar-refractivity contribution in [3.05, 3.63) is 0 Å². The smallest absolute Gasteiger partial charge is 0.403 e. The van der Waals surface area contributed by atoms with E-state index in [0.717, 1.165) is 12.4 Å². The summed E-state index contributed by atoms with van der Waals surface area (Å²) in [6.45, 7) is 13.2. The lowest BCUT2D eigenvalue weighted by Crippen LogP contribution is -2.41. The van der Waals surface area contributed by atoms with Gasteiger partial charge in [-0.3, -0.25) is 0 Å². The van der Waals surface area contributed by atoms with Gasteiger partial charge in [0.2, 0.25) is 0 Å². The largest absolute Gasteiger partial charge is 0.457 e. The van der Waals surface area contributed by atoms with Crippen molar-refractivity contribution in [3.8, 4) is 0 Å². The summed E-state index contributed by atoms with van der Waals surface area (Å²) in [6, 6.07) is 0.873. The monoisotopic (exact) mass is 267 g/mol. The molecule has 4 heteroatoms. The molecular formula is C15H30BNO2. The van der Waals surface area contributed by atoms with E-state index in [0.29, 0.717) is 0 Å². The molecule has 0 amide bonds. The van der Waals surface area contributed by atoms with Gasteiger partial charge in [-0.1, -0.05) is 6.92 Å². The van der Waals surface area contributed by atoms with Gasteiger partial charge in [-0.15, -0.1) is 0 Å². The van der Waals surface area contributed by atoms with Gasteiger partial charge in [0.25, 0.3) is 0 Å². The van der Waals surface area contributed by atoms with Crippen LogP contribution in [0, 0.1) is 0 Å². The SMILES string of the molecule is CCCN(CCCB1OC(C)(C)C(C)(C)O1)C1CC1. The van der Waals surface area contributed by atoms with E-state index in [1.807, 2.05) is 0 Å². The second kappa shape index (κ2) is 5.75. The van der Waals surface area contributed by atoms with Crippen LogP contribution in [0.15, 0.2) is 0 Å². The van der Waals surface area contributed by atoms with Gasteiger partial charge in [0.15, 0.2) is 0 Å². The van der Waals surface area contributed by atoms with Crippen molar-refractivity contribution >= 4 is 7.12 Å². The van der Waals surface area contributed by atoms with Gasteiger partial charge >= 0.3 is 7.12 Å². The minimum absolute atomic E-state index is 0.0207. The van der Waals surface area contributed by atoms with E-state index in [9.17, 15) is 0 Å². The summed E-state index contributed by atoms with van der Waals surface area (Å²) >= 11 is 0. The molecule has 1 saturated heterocycles. The molecule has 0 unspecified atom stereocenters. The Morgan fingerprint density at radius 2 is 1.63 bits per heavy atom. The van der Waals surface area contributed by atoms with Gasteiger partial charge in [-0.25, -0.2) is 0 Å². The van der Waals surface area contributed by atoms with Crippen LogP contribution >= 0.6 is 0 Å². The molecule has 110 valence electrons. The highest BCUT2D eigenvalue weighted by Crippen LogP contribution is 2.38. The molecule has 1 heterocycles. The summed E-state index contributed by atoms with van der Waals surface area (Å²) < 4.78 is 12.1. The summed E-state index contributed by atoms with van der Waals surface area (Å²) in [5.41, 5.74) is -0.367. The predicted molar refractivity (Wildman–Crippen MR) is 80.4 cm³/mol. The Morgan fingerprint density at radius 1 is 1.05 bits per heavy atom. The molecule has 2 rings (SSSR count). The first-order valence-electron chi connectivity index (χ1n) is 7.95. The van der Waals surface area contributed by atoms with E-state index in [1.165, 1.54) is 38.8 Å². The molecule has 3 nitrogen and oxygen atoms in total. The number of nitrogens with zero attached hydrogens (tertiary/aromatic N) is 1. The zero-order valence-electron chi connectivity index (χ0n) is 13.4. The number of hydrogen-bond donors (Lipinski definition) is 0. The van der Waals surface area contributed by atoms with Crippen molar-refractivity contribution in [1.29, 1.82) is 0 Å². The Bertz CT molecular complexity index is 287. The molecule has 0 N–H and O–H groups in total. The van der Waals surface area contributed by atoms with E-state index in [2.05, 4.69) is 39.5 Å². The minimum atomic E-state index is -0.183. The molecular weight excluding hydrogens is 237 g/mol. The molecule has 1 aliphatic heterocycles. The van der Waals surface area contributed by atoms with Gasteiger partial charge in [-0.05, 0) is 72.8 Å². The first-order valence-corrected chi connectivity index (χ1v) is 7.95. The maximum atomic E-state index is 6.04. The van der Waals surface area contributed by atoms with Gasteiger partial charge in [0, 0.05) is 6.04 Å². The maximum Gasteiger partial charge on any atom is 0.457 e. The third-order valence-corrected chi connectivity index (χ3v) is 4.76. The topological polar surface area (TPSA) is 21.7 Å². The van der Waals surface area contributed by atoms with Crippen LogP contribution in [0.2, 0.25) is 6.32 Å². The summed E-state index contributed by atoms with van der Waals surface area (Å²) in [6.07, 6.45) is 6.24. The normalized spacial score (nSPS) is 25.3. The molecule has 0 atom stereocenters. The Labute approximate surface area is 119 Å². The van der Waals surface area contributed by atoms with Crippen molar-refractivity contribution in [2.75, 3.05) is 13.1 Å². The third-order valence-electron chi connectivity index (χ3n) is 4.76. The molecule has 0 aromatic carbocycles.